The van der Waals surface area contributed by atoms with Crippen molar-refractivity contribution in [3.8, 4) is 23.0 Å². The molecule has 0 aliphatic carbocycles. The fourth-order valence-corrected chi connectivity index (χ4v) is 3.45. The van der Waals surface area contributed by atoms with Gasteiger partial charge in [-0.3, -0.25) is 4.79 Å². The minimum atomic E-state index is -0.258. The van der Waals surface area contributed by atoms with Gasteiger partial charge in [0.15, 0.2) is 23.0 Å². The lowest BCUT2D eigenvalue weighted by Crippen LogP contribution is -2.30. The summed E-state index contributed by atoms with van der Waals surface area (Å²) < 4.78 is 21.3. The Morgan fingerprint density at radius 2 is 1.74 bits per heavy atom. The number of benzene rings is 2. The highest BCUT2D eigenvalue weighted by molar-refractivity contribution is 5.74. The Kier molecular flexibility index (Phi) is 5.74. The highest BCUT2D eigenvalue weighted by atomic mass is 16.5. The molecule has 1 aliphatic heterocycles. The van der Waals surface area contributed by atoms with E-state index < -0.39 is 0 Å². The first-order chi connectivity index (χ1) is 13.0. The third kappa shape index (κ3) is 4.10. The Labute approximate surface area is 158 Å². The van der Waals surface area contributed by atoms with Crippen LogP contribution in [0.3, 0.4) is 0 Å². The number of hydrogen-bond donors (Lipinski definition) is 1. The second-order valence-electron chi connectivity index (χ2n) is 6.58. The molecule has 0 amide bonds. The molecule has 1 N–H and O–H groups in total. The molecule has 1 fully saturated rings. The van der Waals surface area contributed by atoms with E-state index in [9.17, 15) is 9.90 Å². The normalized spacial score (nSPS) is 19.3. The van der Waals surface area contributed by atoms with Crippen LogP contribution in [0.1, 0.15) is 23.5 Å². The average molecular weight is 372 g/mol. The van der Waals surface area contributed by atoms with E-state index in [1.165, 1.54) is 7.11 Å². The molecular formula is C21H24O6. The maximum absolute atomic E-state index is 12.3. The number of hydrogen-bond acceptors (Lipinski definition) is 6. The Balaban J connectivity index is 1.77. The SMILES string of the molecule is COc1cc(CC2C[C@@H](c3ccc(OC)c(OC)c3)COC2=O)ccc1O. The first kappa shape index (κ1) is 18.9. The fraction of sp³-hybridized carbons (Fsp3) is 0.381. The molecule has 0 aromatic heterocycles. The molecule has 6 heteroatoms. The molecule has 1 aliphatic rings. The number of cyclic esters (lactones) is 1. The van der Waals surface area contributed by atoms with Crippen molar-refractivity contribution in [3.63, 3.8) is 0 Å². The van der Waals surface area contributed by atoms with Crippen molar-refractivity contribution in [2.45, 2.75) is 18.8 Å². The van der Waals surface area contributed by atoms with Gasteiger partial charge in [0.05, 0.1) is 33.9 Å². The van der Waals surface area contributed by atoms with Crippen molar-refractivity contribution < 1.29 is 28.8 Å². The number of phenolic OH excluding ortho intramolecular Hbond substituents is 1. The molecule has 0 bridgehead atoms. The highest BCUT2D eigenvalue weighted by Crippen LogP contribution is 2.37. The van der Waals surface area contributed by atoms with E-state index in [-0.39, 0.29) is 23.6 Å². The molecular weight excluding hydrogens is 348 g/mol. The predicted molar refractivity (Wildman–Crippen MR) is 99.7 cm³/mol. The van der Waals surface area contributed by atoms with Crippen LogP contribution in [0.4, 0.5) is 0 Å². The average Bonchev–Trinajstić information content (AvgIpc) is 2.70. The van der Waals surface area contributed by atoms with Gasteiger partial charge in [-0.25, -0.2) is 0 Å². The molecule has 1 saturated heterocycles. The molecule has 2 aromatic rings. The smallest absolute Gasteiger partial charge is 0.309 e. The van der Waals surface area contributed by atoms with E-state index in [2.05, 4.69) is 0 Å². The van der Waals surface area contributed by atoms with Gasteiger partial charge >= 0.3 is 5.97 Å². The van der Waals surface area contributed by atoms with Crippen LogP contribution in [-0.4, -0.2) is 39.0 Å². The molecule has 0 radical (unpaired) electrons. The largest absolute Gasteiger partial charge is 0.504 e. The zero-order valence-electron chi connectivity index (χ0n) is 15.7. The lowest BCUT2D eigenvalue weighted by molar-refractivity contribution is -0.154. The van der Waals surface area contributed by atoms with E-state index in [0.717, 1.165) is 11.1 Å². The number of esters is 1. The van der Waals surface area contributed by atoms with Crippen LogP contribution in [0, 0.1) is 5.92 Å². The molecule has 144 valence electrons. The van der Waals surface area contributed by atoms with Gasteiger partial charge in [0.2, 0.25) is 0 Å². The van der Waals surface area contributed by atoms with Gasteiger partial charge < -0.3 is 24.1 Å². The number of carbonyl (C=O) groups is 1. The lowest BCUT2D eigenvalue weighted by atomic mass is 9.84. The zero-order chi connectivity index (χ0) is 19.4. The second-order valence-corrected chi connectivity index (χ2v) is 6.58. The van der Waals surface area contributed by atoms with Gasteiger partial charge in [0.25, 0.3) is 0 Å². The number of aromatic hydroxyl groups is 1. The quantitative estimate of drug-likeness (QED) is 0.784. The van der Waals surface area contributed by atoms with Crippen LogP contribution in [0.2, 0.25) is 0 Å². The first-order valence-corrected chi connectivity index (χ1v) is 8.80. The molecule has 0 spiro atoms. The minimum absolute atomic E-state index is 0.0793. The lowest BCUT2D eigenvalue weighted by Gasteiger charge is -2.29. The van der Waals surface area contributed by atoms with Crippen LogP contribution in [0.15, 0.2) is 36.4 Å². The number of phenols is 1. The van der Waals surface area contributed by atoms with Crippen molar-refractivity contribution in [1.29, 1.82) is 0 Å². The summed E-state index contributed by atoms with van der Waals surface area (Å²) >= 11 is 0. The summed E-state index contributed by atoms with van der Waals surface area (Å²) in [6.07, 6.45) is 1.21. The predicted octanol–water partition coefficient (Wildman–Crippen LogP) is 3.31. The molecule has 2 aromatic carbocycles. The van der Waals surface area contributed by atoms with Crippen molar-refractivity contribution in [2.75, 3.05) is 27.9 Å². The minimum Gasteiger partial charge on any atom is -0.504 e. The van der Waals surface area contributed by atoms with Crippen molar-refractivity contribution in [1.82, 2.24) is 0 Å². The zero-order valence-corrected chi connectivity index (χ0v) is 15.7. The maximum atomic E-state index is 12.3. The molecule has 3 rings (SSSR count). The summed E-state index contributed by atoms with van der Waals surface area (Å²) in [5.41, 5.74) is 1.97. The number of ether oxygens (including phenoxy) is 4. The topological polar surface area (TPSA) is 74.2 Å². The van der Waals surface area contributed by atoms with E-state index in [4.69, 9.17) is 18.9 Å². The molecule has 1 heterocycles. The summed E-state index contributed by atoms with van der Waals surface area (Å²) in [4.78, 5) is 12.3. The number of rotatable bonds is 6. The van der Waals surface area contributed by atoms with Gasteiger partial charge in [0, 0.05) is 5.92 Å². The summed E-state index contributed by atoms with van der Waals surface area (Å²) in [7, 11) is 4.70. The standard InChI is InChI=1S/C21H24O6/c1-24-18-7-5-14(11-20(18)26-3)16-10-15(21(23)27-12-16)8-13-4-6-17(22)19(9-13)25-2/h4-7,9,11,15-16,22H,8,10,12H2,1-3H3/t15?,16-/m1/s1. The molecule has 27 heavy (non-hydrogen) atoms. The molecule has 0 saturated carbocycles. The van der Waals surface area contributed by atoms with E-state index in [1.54, 1.807) is 32.4 Å². The monoisotopic (exact) mass is 372 g/mol. The third-order valence-electron chi connectivity index (χ3n) is 4.93. The summed E-state index contributed by atoms with van der Waals surface area (Å²) in [6, 6.07) is 10.9. The van der Waals surface area contributed by atoms with Crippen molar-refractivity contribution in [2.24, 2.45) is 5.92 Å². The fourth-order valence-electron chi connectivity index (χ4n) is 3.45. The summed E-state index contributed by atoms with van der Waals surface area (Å²) in [6.45, 7) is 0.351. The van der Waals surface area contributed by atoms with Crippen LogP contribution >= 0.6 is 0 Å². The van der Waals surface area contributed by atoms with Crippen molar-refractivity contribution >= 4 is 5.97 Å². The van der Waals surface area contributed by atoms with Gasteiger partial charge in [-0.1, -0.05) is 12.1 Å². The van der Waals surface area contributed by atoms with E-state index in [0.29, 0.717) is 36.7 Å². The van der Waals surface area contributed by atoms with E-state index >= 15 is 0 Å². The van der Waals surface area contributed by atoms with Gasteiger partial charge in [0.1, 0.15) is 0 Å². The Bertz CT molecular complexity index is 816. The van der Waals surface area contributed by atoms with Crippen LogP contribution in [-0.2, 0) is 16.0 Å². The van der Waals surface area contributed by atoms with Crippen molar-refractivity contribution in [3.05, 3.63) is 47.5 Å². The highest BCUT2D eigenvalue weighted by Gasteiger charge is 2.32. The van der Waals surface area contributed by atoms with Gasteiger partial charge in [-0.05, 0) is 48.2 Å². The molecule has 2 atom stereocenters. The summed E-state index contributed by atoms with van der Waals surface area (Å²) in [5, 5.41) is 9.74. The number of carbonyl (C=O) groups excluding carboxylic acids is 1. The van der Waals surface area contributed by atoms with Gasteiger partial charge in [-0.2, -0.15) is 0 Å². The Hall–Kier alpha value is -2.89. The van der Waals surface area contributed by atoms with Gasteiger partial charge in [-0.15, -0.1) is 0 Å². The molecule has 6 nitrogen and oxygen atoms in total. The Morgan fingerprint density at radius 1 is 1.00 bits per heavy atom. The Morgan fingerprint density at radius 3 is 2.44 bits per heavy atom. The van der Waals surface area contributed by atoms with Crippen LogP contribution < -0.4 is 14.2 Å². The number of methoxy groups -OCH3 is 3. The molecule has 1 unspecified atom stereocenters. The summed E-state index contributed by atoms with van der Waals surface area (Å²) in [5.74, 6) is 1.44. The van der Waals surface area contributed by atoms with Crippen LogP contribution in [0.25, 0.3) is 0 Å². The first-order valence-electron chi connectivity index (χ1n) is 8.80. The third-order valence-corrected chi connectivity index (χ3v) is 4.93. The maximum Gasteiger partial charge on any atom is 0.309 e. The second kappa shape index (κ2) is 8.20. The van der Waals surface area contributed by atoms with Crippen LogP contribution in [0.5, 0.6) is 23.0 Å². The van der Waals surface area contributed by atoms with E-state index in [1.807, 2.05) is 18.2 Å².